The first-order chi connectivity index (χ1) is 8.81. The predicted molar refractivity (Wildman–Crippen MR) is 75.9 cm³/mol. The Labute approximate surface area is 113 Å². The van der Waals surface area contributed by atoms with Crippen LogP contribution in [0.2, 0.25) is 0 Å². The van der Waals surface area contributed by atoms with Crippen molar-refractivity contribution in [2.45, 2.75) is 39.5 Å². The van der Waals surface area contributed by atoms with Crippen molar-refractivity contribution in [1.82, 2.24) is 4.90 Å². The summed E-state index contributed by atoms with van der Waals surface area (Å²) in [5.41, 5.74) is 9.32. The molecule has 5 heteroatoms. The minimum Gasteiger partial charge on any atom is -0.444 e. The van der Waals surface area contributed by atoms with E-state index in [0.29, 0.717) is 18.8 Å². The van der Waals surface area contributed by atoms with Crippen molar-refractivity contribution in [3.63, 3.8) is 0 Å². The van der Waals surface area contributed by atoms with Gasteiger partial charge in [0.15, 0.2) is 0 Å². The van der Waals surface area contributed by atoms with Gasteiger partial charge in [0.2, 0.25) is 0 Å². The Kier molecular flexibility index (Phi) is 3.30. The van der Waals surface area contributed by atoms with Crippen molar-refractivity contribution in [3.05, 3.63) is 23.3 Å². The van der Waals surface area contributed by atoms with Crippen molar-refractivity contribution in [2.75, 3.05) is 18.1 Å². The summed E-state index contributed by atoms with van der Waals surface area (Å²) >= 11 is 0. The number of nitrogen functional groups attached to an aromatic ring is 1. The van der Waals surface area contributed by atoms with Crippen LogP contribution in [0.4, 0.5) is 16.2 Å². The molecule has 0 radical (unpaired) electrons. The van der Waals surface area contributed by atoms with Gasteiger partial charge in [0, 0.05) is 19.2 Å². The zero-order valence-corrected chi connectivity index (χ0v) is 11.9. The lowest BCUT2D eigenvalue weighted by Gasteiger charge is -2.24. The third-order valence-electron chi connectivity index (χ3n) is 3.09. The summed E-state index contributed by atoms with van der Waals surface area (Å²) in [6.07, 6.45) is -0.297. The van der Waals surface area contributed by atoms with Gasteiger partial charge >= 0.3 is 6.09 Å². The highest BCUT2D eigenvalue weighted by atomic mass is 16.6. The third-order valence-corrected chi connectivity index (χ3v) is 3.09. The number of hydrogen-bond acceptors (Lipinski definition) is 4. The van der Waals surface area contributed by atoms with Crippen molar-refractivity contribution >= 4 is 17.5 Å². The molecule has 1 aliphatic rings. The largest absolute Gasteiger partial charge is 0.444 e. The van der Waals surface area contributed by atoms with Crippen LogP contribution < -0.4 is 11.1 Å². The highest BCUT2D eigenvalue weighted by Gasteiger charge is 2.29. The van der Waals surface area contributed by atoms with Crippen LogP contribution in [0, 0.1) is 0 Å². The van der Waals surface area contributed by atoms with Crippen LogP contribution >= 0.6 is 0 Å². The Morgan fingerprint density at radius 1 is 1.37 bits per heavy atom. The monoisotopic (exact) mass is 263 g/mol. The summed E-state index contributed by atoms with van der Waals surface area (Å²) in [6, 6.07) is 3.94. The molecule has 104 valence electrons. The standard InChI is InChI=1S/C14H21N3O2/c1-14(2,3)19-13(18)17-7-9-5-6-11(16-4)12(15)10(9)8-17/h5-6,16H,7-8,15H2,1-4H3. The third kappa shape index (κ3) is 2.75. The SMILES string of the molecule is CNc1ccc2c(c1N)CN(C(=O)OC(C)(C)C)C2. The molecule has 0 saturated carbocycles. The highest BCUT2D eigenvalue weighted by Crippen LogP contribution is 2.33. The minimum absolute atomic E-state index is 0.297. The molecular weight excluding hydrogens is 242 g/mol. The summed E-state index contributed by atoms with van der Waals surface area (Å²) < 4.78 is 5.38. The fraction of sp³-hybridized carbons (Fsp3) is 0.500. The molecule has 1 heterocycles. The number of ether oxygens (including phenoxy) is 1. The molecule has 3 N–H and O–H groups in total. The maximum Gasteiger partial charge on any atom is 0.410 e. The van der Waals surface area contributed by atoms with Crippen LogP contribution in [0.15, 0.2) is 12.1 Å². The number of hydrogen-bond donors (Lipinski definition) is 2. The van der Waals surface area contributed by atoms with E-state index in [0.717, 1.165) is 16.8 Å². The number of carbonyl (C=O) groups is 1. The summed E-state index contributed by atoms with van der Waals surface area (Å²) in [7, 11) is 1.83. The Hall–Kier alpha value is -1.91. The maximum atomic E-state index is 12.0. The minimum atomic E-state index is -0.479. The number of amides is 1. The molecule has 2 rings (SSSR count). The molecule has 0 bridgehead atoms. The van der Waals surface area contributed by atoms with Gasteiger partial charge in [-0.1, -0.05) is 6.07 Å². The highest BCUT2D eigenvalue weighted by molar-refractivity contribution is 5.75. The molecule has 1 aromatic carbocycles. The Balaban J connectivity index is 2.17. The first-order valence-electron chi connectivity index (χ1n) is 6.37. The smallest absolute Gasteiger partial charge is 0.410 e. The van der Waals surface area contributed by atoms with Gasteiger partial charge in [-0.3, -0.25) is 4.90 Å². The van der Waals surface area contributed by atoms with Gasteiger partial charge in [-0.15, -0.1) is 0 Å². The first kappa shape index (κ1) is 13.5. The molecule has 0 spiro atoms. The number of rotatable bonds is 1. The number of nitrogens with two attached hydrogens (primary N) is 1. The lowest BCUT2D eigenvalue weighted by atomic mass is 10.1. The Morgan fingerprint density at radius 2 is 2.05 bits per heavy atom. The van der Waals surface area contributed by atoms with Gasteiger partial charge < -0.3 is 15.8 Å². The van der Waals surface area contributed by atoms with Gasteiger partial charge in [-0.05, 0) is 32.4 Å². The number of carbonyl (C=O) groups excluding carboxylic acids is 1. The topological polar surface area (TPSA) is 67.6 Å². The van der Waals surface area contributed by atoms with E-state index in [1.54, 1.807) is 4.90 Å². The van der Waals surface area contributed by atoms with Gasteiger partial charge in [-0.25, -0.2) is 4.79 Å². The van der Waals surface area contributed by atoms with Gasteiger partial charge in [0.05, 0.1) is 17.9 Å². The van der Waals surface area contributed by atoms with E-state index in [9.17, 15) is 4.79 Å². The zero-order valence-electron chi connectivity index (χ0n) is 11.9. The molecule has 0 aromatic heterocycles. The normalized spacial score (nSPS) is 14.2. The van der Waals surface area contributed by atoms with E-state index in [1.165, 1.54) is 0 Å². The lowest BCUT2D eigenvalue weighted by molar-refractivity contribution is 0.0242. The fourth-order valence-corrected chi connectivity index (χ4v) is 2.17. The van der Waals surface area contributed by atoms with Crippen LogP contribution in [0.5, 0.6) is 0 Å². The molecule has 1 amide bonds. The molecule has 0 atom stereocenters. The van der Waals surface area contributed by atoms with E-state index in [-0.39, 0.29) is 6.09 Å². The van der Waals surface area contributed by atoms with E-state index in [2.05, 4.69) is 5.32 Å². The van der Waals surface area contributed by atoms with Crippen LogP contribution in [0.1, 0.15) is 31.9 Å². The zero-order chi connectivity index (χ0) is 14.2. The molecule has 0 unspecified atom stereocenters. The fourth-order valence-electron chi connectivity index (χ4n) is 2.17. The van der Waals surface area contributed by atoms with Gasteiger partial charge in [0.25, 0.3) is 0 Å². The summed E-state index contributed by atoms with van der Waals surface area (Å²) in [5, 5.41) is 3.05. The number of nitrogens with one attached hydrogen (secondary N) is 1. The van der Waals surface area contributed by atoms with Crippen molar-refractivity contribution < 1.29 is 9.53 Å². The maximum absolute atomic E-state index is 12.0. The Morgan fingerprint density at radius 3 is 2.63 bits per heavy atom. The van der Waals surface area contributed by atoms with Crippen LogP contribution in [-0.4, -0.2) is 23.6 Å². The van der Waals surface area contributed by atoms with Crippen molar-refractivity contribution in [3.8, 4) is 0 Å². The van der Waals surface area contributed by atoms with E-state index in [1.807, 2.05) is 40.0 Å². The summed E-state index contributed by atoms with van der Waals surface area (Å²) in [4.78, 5) is 13.7. The number of benzene rings is 1. The molecule has 5 nitrogen and oxygen atoms in total. The van der Waals surface area contributed by atoms with E-state index in [4.69, 9.17) is 10.5 Å². The molecule has 1 aliphatic heterocycles. The van der Waals surface area contributed by atoms with Crippen molar-refractivity contribution in [1.29, 1.82) is 0 Å². The first-order valence-corrected chi connectivity index (χ1v) is 6.37. The van der Waals surface area contributed by atoms with Gasteiger partial charge in [0.1, 0.15) is 5.60 Å². The number of nitrogens with zero attached hydrogens (tertiary/aromatic N) is 1. The summed E-state index contributed by atoms with van der Waals surface area (Å²) in [5.74, 6) is 0. The van der Waals surface area contributed by atoms with Crippen LogP contribution in [0.3, 0.4) is 0 Å². The van der Waals surface area contributed by atoms with E-state index < -0.39 is 5.60 Å². The van der Waals surface area contributed by atoms with Gasteiger partial charge in [-0.2, -0.15) is 0 Å². The van der Waals surface area contributed by atoms with Crippen LogP contribution in [0.25, 0.3) is 0 Å². The quantitative estimate of drug-likeness (QED) is 0.764. The second-order valence-electron chi connectivity index (χ2n) is 5.75. The lowest BCUT2D eigenvalue weighted by Crippen LogP contribution is -2.33. The molecule has 19 heavy (non-hydrogen) atoms. The molecular formula is C14H21N3O2. The van der Waals surface area contributed by atoms with Crippen molar-refractivity contribution in [2.24, 2.45) is 0 Å². The Bertz CT molecular complexity index is 506. The predicted octanol–water partition coefficient (Wildman–Crippen LogP) is 2.56. The number of fused-ring (bicyclic) bond motifs is 1. The average molecular weight is 263 g/mol. The van der Waals surface area contributed by atoms with Crippen LogP contribution in [-0.2, 0) is 17.8 Å². The molecule has 0 saturated heterocycles. The second-order valence-corrected chi connectivity index (χ2v) is 5.75. The average Bonchev–Trinajstić information content (AvgIpc) is 2.72. The van der Waals surface area contributed by atoms with E-state index >= 15 is 0 Å². The summed E-state index contributed by atoms with van der Waals surface area (Å²) in [6.45, 7) is 6.65. The molecule has 0 fully saturated rings. The second kappa shape index (κ2) is 4.64. The molecule has 0 aliphatic carbocycles. The molecule has 1 aromatic rings. The number of anilines is 2.